The van der Waals surface area contributed by atoms with Crippen LogP contribution in [0.3, 0.4) is 0 Å². The molecular formula is C11H23NO3. The van der Waals surface area contributed by atoms with Crippen molar-refractivity contribution in [1.29, 1.82) is 0 Å². The molecule has 0 aromatic rings. The molecule has 0 amide bonds. The van der Waals surface area contributed by atoms with Crippen molar-refractivity contribution in [3.05, 3.63) is 0 Å². The summed E-state index contributed by atoms with van der Waals surface area (Å²) in [5.41, 5.74) is -0.809. The molecule has 4 heteroatoms. The Morgan fingerprint density at radius 1 is 1.53 bits per heavy atom. The highest BCUT2D eigenvalue weighted by Crippen LogP contribution is 2.16. The first-order chi connectivity index (χ1) is 6.86. The van der Waals surface area contributed by atoms with Crippen molar-refractivity contribution in [2.45, 2.75) is 33.2 Å². The molecular weight excluding hydrogens is 194 g/mol. The maximum Gasteiger partial charge on any atom is 0.323 e. The van der Waals surface area contributed by atoms with E-state index < -0.39 is 11.5 Å². The van der Waals surface area contributed by atoms with Crippen molar-refractivity contribution < 1.29 is 14.6 Å². The van der Waals surface area contributed by atoms with E-state index in [0.29, 0.717) is 12.5 Å². The third-order valence-electron chi connectivity index (χ3n) is 2.68. The van der Waals surface area contributed by atoms with Gasteiger partial charge in [0.05, 0.1) is 0 Å². The van der Waals surface area contributed by atoms with Gasteiger partial charge >= 0.3 is 5.97 Å². The summed E-state index contributed by atoms with van der Waals surface area (Å²) in [5.74, 6) is -0.442. The summed E-state index contributed by atoms with van der Waals surface area (Å²) < 4.78 is 5.05. The Bertz CT molecular complexity index is 204. The summed E-state index contributed by atoms with van der Waals surface area (Å²) in [4.78, 5) is 13.0. The van der Waals surface area contributed by atoms with Gasteiger partial charge in [0.25, 0.3) is 0 Å². The number of likely N-dealkylation sites (N-methyl/N-ethyl adjacent to an activating group) is 1. The molecule has 0 bridgehead atoms. The van der Waals surface area contributed by atoms with E-state index in [2.05, 4.69) is 6.92 Å². The molecule has 0 aromatic heterocycles. The highest BCUT2D eigenvalue weighted by molar-refractivity contribution is 5.77. The molecule has 0 fully saturated rings. The Morgan fingerprint density at radius 3 is 2.40 bits per heavy atom. The normalized spacial score (nSPS) is 14.3. The van der Waals surface area contributed by atoms with Gasteiger partial charge in [0.15, 0.2) is 0 Å². The summed E-state index contributed by atoms with van der Waals surface area (Å²) in [6.45, 7) is 9.63. The van der Waals surface area contributed by atoms with Crippen molar-refractivity contribution in [2.24, 2.45) is 5.92 Å². The summed E-state index contributed by atoms with van der Waals surface area (Å²) in [6.07, 6.45) is 0. The SMILES string of the molecule is CCN(CC(C)COC)C(C)(C)C(=O)O. The van der Waals surface area contributed by atoms with Gasteiger partial charge in [0, 0.05) is 20.3 Å². The van der Waals surface area contributed by atoms with Crippen LogP contribution in [0.2, 0.25) is 0 Å². The number of rotatable bonds is 7. The molecule has 0 aromatic carbocycles. The van der Waals surface area contributed by atoms with Gasteiger partial charge in [-0.05, 0) is 26.3 Å². The minimum absolute atomic E-state index is 0.341. The molecule has 0 spiro atoms. The van der Waals surface area contributed by atoms with Crippen LogP contribution >= 0.6 is 0 Å². The van der Waals surface area contributed by atoms with Crippen molar-refractivity contribution in [3.8, 4) is 0 Å². The predicted octanol–water partition coefficient (Wildman–Crippen LogP) is 1.45. The molecule has 0 saturated carbocycles. The minimum Gasteiger partial charge on any atom is -0.480 e. The van der Waals surface area contributed by atoms with Crippen LogP contribution < -0.4 is 0 Å². The monoisotopic (exact) mass is 217 g/mol. The number of nitrogens with zero attached hydrogens (tertiary/aromatic N) is 1. The molecule has 1 N–H and O–H groups in total. The first-order valence-corrected chi connectivity index (χ1v) is 5.33. The lowest BCUT2D eigenvalue weighted by Crippen LogP contribution is -2.51. The summed E-state index contributed by atoms with van der Waals surface area (Å²) in [5, 5.41) is 9.11. The second kappa shape index (κ2) is 6.08. The quantitative estimate of drug-likeness (QED) is 0.701. The van der Waals surface area contributed by atoms with E-state index in [4.69, 9.17) is 9.84 Å². The van der Waals surface area contributed by atoms with Gasteiger partial charge in [-0.2, -0.15) is 0 Å². The van der Waals surface area contributed by atoms with Gasteiger partial charge in [-0.3, -0.25) is 9.69 Å². The molecule has 0 aliphatic rings. The van der Waals surface area contributed by atoms with Gasteiger partial charge in [-0.15, -0.1) is 0 Å². The average molecular weight is 217 g/mol. The molecule has 0 saturated heterocycles. The topological polar surface area (TPSA) is 49.8 Å². The molecule has 0 heterocycles. The fourth-order valence-electron chi connectivity index (χ4n) is 1.60. The number of methoxy groups -OCH3 is 1. The van der Waals surface area contributed by atoms with Gasteiger partial charge < -0.3 is 9.84 Å². The molecule has 15 heavy (non-hydrogen) atoms. The van der Waals surface area contributed by atoms with Gasteiger partial charge in [-0.25, -0.2) is 0 Å². The van der Waals surface area contributed by atoms with E-state index in [0.717, 1.165) is 13.1 Å². The average Bonchev–Trinajstić information content (AvgIpc) is 2.14. The van der Waals surface area contributed by atoms with Crippen LogP contribution in [0.25, 0.3) is 0 Å². The van der Waals surface area contributed by atoms with Gasteiger partial charge in [-0.1, -0.05) is 13.8 Å². The highest BCUT2D eigenvalue weighted by atomic mass is 16.5. The molecule has 1 unspecified atom stereocenters. The zero-order valence-corrected chi connectivity index (χ0v) is 10.4. The van der Waals surface area contributed by atoms with Crippen molar-refractivity contribution in [1.82, 2.24) is 4.90 Å². The van der Waals surface area contributed by atoms with E-state index >= 15 is 0 Å². The Morgan fingerprint density at radius 2 is 2.07 bits per heavy atom. The number of ether oxygens (including phenoxy) is 1. The van der Waals surface area contributed by atoms with Gasteiger partial charge in [0.2, 0.25) is 0 Å². The maximum absolute atomic E-state index is 11.1. The number of hydrogen-bond acceptors (Lipinski definition) is 3. The lowest BCUT2D eigenvalue weighted by atomic mass is 10.0. The first kappa shape index (κ1) is 14.4. The Hall–Kier alpha value is -0.610. The zero-order chi connectivity index (χ0) is 12.1. The summed E-state index contributed by atoms with van der Waals surface area (Å²) in [6, 6.07) is 0. The van der Waals surface area contributed by atoms with Crippen molar-refractivity contribution >= 4 is 5.97 Å². The summed E-state index contributed by atoms with van der Waals surface area (Å²) in [7, 11) is 1.66. The number of carbonyl (C=O) groups is 1. The Kier molecular flexibility index (Phi) is 5.83. The molecule has 0 rings (SSSR count). The largest absolute Gasteiger partial charge is 0.480 e. The Balaban J connectivity index is 4.42. The number of carboxylic acid groups (broad SMARTS) is 1. The summed E-state index contributed by atoms with van der Waals surface area (Å²) >= 11 is 0. The molecule has 1 atom stereocenters. The molecule has 0 radical (unpaired) electrons. The lowest BCUT2D eigenvalue weighted by molar-refractivity contribution is -0.149. The molecule has 0 aliphatic carbocycles. The van der Waals surface area contributed by atoms with E-state index in [9.17, 15) is 4.79 Å². The van der Waals surface area contributed by atoms with Gasteiger partial charge in [0.1, 0.15) is 5.54 Å². The van der Waals surface area contributed by atoms with E-state index in [-0.39, 0.29) is 0 Å². The van der Waals surface area contributed by atoms with Crippen LogP contribution in [-0.4, -0.2) is 48.3 Å². The minimum atomic E-state index is -0.809. The molecule has 4 nitrogen and oxygen atoms in total. The molecule has 90 valence electrons. The Labute approximate surface area is 92.2 Å². The molecule has 0 aliphatic heterocycles. The van der Waals surface area contributed by atoms with Crippen LogP contribution in [0.4, 0.5) is 0 Å². The lowest BCUT2D eigenvalue weighted by Gasteiger charge is -2.35. The fourth-order valence-corrected chi connectivity index (χ4v) is 1.60. The number of hydrogen-bond donors (Lipinski definition) is 1. The standard InChI is InChI=1S/C11H23NO3/c1-6-12(7-9(2)8-15-5)11(3,4)10(13)14/h9H,6-8H2,1-5H3,(H,13,14). The smallest absolute Gasteiger partial charge is 0.323 e. The van der Waals surface area contributed by atoms with Crippen molar-refractivity contribution in [3.63, 3.8) is 0 Å². The second-order valence-electron chi connectivity index (χ2n) is 4.46. The van der Waals surface area contributed by atoms with E-state index in [1.54, 1.807) is 21.0 Å². The third kappa shape index (κ3) is 4.18. The zero-order valence-electron chi connectivity index (χ0n) is 10.4. The number of aliphatic carboxylic acids is 1. The van der Waals surface area contributed by atoms with Crippen molar-refractivity contribution in [2.75, 3.05) is 26.8 Å². The van der Waals surface area contributed by atoms with E-state index in [1.807, 2.05) is 11.8 Å². The van der Waals surface area contributed by atoms with Crippen LogP contribution in [-0.2, 0) is 9.53 Å². The maximum atomic E-state index is 11.1. The van der Waals surface area contributed by atoms with Crippen LogP contribution in [0, 0.1) is 5.92 Å². The highest BCUT2D eigenvalue weighted by Gasteiger charge is 2.33. The van der Waals surface area contributed by atoms with Crippen LogP contribution in [0.5, 0.6) is 0 Å². The fraction of sp³-hybridized carbons (Fsp3) is 0.909. The number of carboxylic acids is 1. The second-order valence-corrected chi connectivity index (χ2v) is 4.46. The predicted molar refractivity (Wildman–Crippen MR) is 60.0 cm³/mol. The van der Waals surface area contributed by atoms with Crippen LogP contribution in [0.1, 0.15) is 27.7 Å². The first-order valence-electron chi connectivity index (χ1n) is 5.33. The van der Waals surface area contributed by atoms with E-state index in [1.165, 1.54) is 0 Å². The third-order valence-corrected chi connectivity index (χ3v) is 2.68. The van der Waals surface area contributed by atoms with Crippen LogP contribution in [0.15, 0.2) is 0 Å².